The number of aliphatic hydroxyl groups is 1. The fourth-order valence-corrected chi connectivity index (χ4v) is 4.98. The molecule has 0 aliphatic carbocycles. The second-order valence-electron chi connectivity index (χ2n) is 8.18. The summed E-state index contributed by atoms with van der Waals surface area (Å²) < 4.78 is 5.32. The maximum Gasteiger partial charge on any atom is 0.255 e. The quantitative estimate of drug-likeness (QED) is 0.583. The number of methoxy groups -OCH3 is 1. The van der Waals surface area contributed by atoms with Crippen LogP contribution in [0.4, 0.5) is 0 Å². The average Bonchev–Trinajstić information content (AvgIpc) is 3.43. The molecule has 0 radical (unpaired) electrons. The number of likely N-dealkylation sites (tertiary alicyclic amines) is 1. The van der Waals surface area contributed by atoms with E-state index >= 15 is 0 Å². The van der Waals surface area contributed by atoms with Gasteiger partial charge in [0.05, 0.1) is 29.3 Å². The molecule has 1 aliphatic rings. The summed E-state index contributed by atoms with van der Waals surface area (Å²) in [6.45, 7) is 4.26. The lowest BCUT2D eigenvalue weighted by atomic mass is 10.1. The van der Waals surface area contributed by atoms with Crippen LogP contribution >= 0.6 is 11.3 Å². The molecule has 2 N–H and O–H groups in total. The van der Waals surface area contributed by atoms with Crippen molar-refractivity contribution in [3.8, 4) is 16.2 Å². The summed E-state index contributed by atoms with van der Waals surface area (Å²) in [7, 11) is 1.55. The van der Waals surface area contributed by atoms with Crippen LogP contribution in [0, 0.1) is 13.8 Å². The SMILES string of the molecule is COc1cccc(C(=O)N2C[C@H](O)C[C@H]2C(=O)NCc2ccc(-c3scnc3C)cc2)c1C. The molecule has 2 amide bonds. The number of benzene rings is 2. The molecule has 1 fully saturated rings. The highest BCUT2D eigenvalue weighted by atomic mass is 32.1. The number of hydrogen-bond acceptors (Lipinski definition) is 6. The molecule has 7 nitrogen and oxygen atoms in total. The maximum absolute atomic E-state index is 13.2. The van der Waals surface area contributed by atoms with Gasteiger partial charge in [0, 0.05) is 30.6 Å². The average molecular weight is 466 g/mol. The predicted octanol–water partition coefficient (Wildman–Crippen LogP) is 3.33. The molecule has 2 heterocycles. The van der Waals surface area contributed by atoms with E-state index in [4.69, 9.17) is 4.74 Å². The maximum atomic E-state index is 13.2. The number of ether oxygens (including phenoxy) is 1. The summed E-state index contributed by atoms with van der Waals surface area (Å²) in [5.41, 5.74) is 6.05. The van der Waals surface area contributed by atoms with E-state index in [1.165, 1.54) is 4.90 Å². The van der Waals surface area contributed by atoms with Crippen molar-refractivity contribution >= 4 is 23.2 Å². The fraction of sp³-hybridized carbons (Fsp3) is 0.320. The first-order chi connectivity index (χ1) is 15.9. The van der Waals surface area contributed by atoms with Crippen LogP contribution in [0.3, 0.4) is 0 Å². The highest BCUT2D eigenvalue weighted by Crippen LogP contribution is 2.28. The number of carbonyl (C=O) groups is 2. The van der Waals surface area contributed by atoms with E-state index in [0.29, 0.717) is 23.4 Å². The third-order valence-corrected chi connectivity index (χ3v) is 6.98. The van der Waals surface area contributed by atoms with Gasteiger partial charge >= 0.3 is 0 Å². The molecule has 3 aromatic rings. The van der Waals surface area contributed by atoms with E-state index < -0.39 is 12.1 Å². The monoisotopic (exact) mass is 465 g/mol. The highest BCUT2D eigenvalue weighted by molar-refractivity contribution is 7.13. The Morgan fingerprint density at radius 3 is 2.64 bits per heavy atom. The molecule has 0 spiro atoms. The standard InChI is InChI=1S/C25H27N3O4S/c1-15-20(5-4-6-22(15)32-3)25(31)28-13-19(29)11-21(28)24(30)26-12-17-7-9-18(10-8-17)23-16(2)27-14-33-23/h4-10,14,19,21,29H,11-13H2,1-3H3,(H,26,30)/t19-,21+/m1/s1. The number of hydrogen-bond donors (Lipinski definition) is 2. The zero-order chi connectivity index (χ0) is 23.5. The molecule has 1 aliphatic heterocycles. The van der Waals surface area contributed by atoms with E-state index in [1.54, 1.807) is 36.6 Å². The first-order valence-electron chi connectivity index (χ1n) is 10.8. The van der Waals surface area contributed by atoms with Gasteiger partial charge in [-0.1, -0.05) is 30.3 Å². The van der Waals surface area contributed by atoms with Gasteiger partial charge in [0.15, 0.2) is 0 Å². The first-order valence-corrected chi connectivity index (χ1v) is 11.7. The van der Waals surface area contributed by atoms with Crippen LogP contribution in [0.5, 0.6) is 5.75 Å². The second kappa shape index (κ2) is 9.72. The molecule has 0 saturated carbocycles. The van der Waals surface area contributed by atoms with Gasteiger partial charge in [-0.15, -0.1) is 11.3 Å². The topological polar surface area (TPSA) is 91.8 Å². The molecule has 0 unspecified atom stereocenters. The molecule has 0 bridgehead atoms. The molecule has 4 rings (SSSR count). The van der Waals surface area contributed by atoms with Crippen LogP contribution in [0.2, 0.25) is 0 Å². The Morgan fingerprint density at radius 2 is 1.97 bits per heavy atom. The van der Waals surface area contributed by atoms with Gasteiger partial charge < -0.3 is 20.1 Å². The van der Waals surface area contributed by atoms with Crippen molar-refractivity contribution in [3.63, 3.8) is 0 Å². The van der Waals surface area contributed by atoms with Crippen LogP contribution in [-0.4, -0.2) is 52.6 Å². The summed E-state index contributed by atoms with van der Waals surface area (Å²) in [5.74, 6) is 0.0498. The number of nitrogens with one attached hydrogen (secondary N) is 1. The van der Waals surface area contributed by atoms with Gasteiger partial charge in [-0.3, -0.25) is 9.59 Å². The lowest BCUT2D eigenvalue weighted by molar-refractivity contribution is -0.125. The van der Waals surface area contributed by atoms with E-state index in [1.807, 2.05) is 43.6 Å². The normalized spacial score (nSPS) is 17.8. The zero-order valence-corrected chi connectivity index (χ0v) is 19.7. The molecule has 1 saturated heterocycles. The Hall–Kier alpha value is -3.23. The van der Waals surface area contributed by atoms with Crippen LogP contribution in [0.15, 0.2) is 48.0 Å². The van der Waals surface area contributed by atoms with Gasteiger partial charge in [0.1, 0.15) is 11.8 Å². The first kappa shape index (κ1) is 22.9. The molecule has 1 aromatic heterocycles. The second-order valence-corrected chi connectivity index (χ2v) is 9.03. The van der Waals surface area contributed by atoms with Crippen molar-refractivity contribution < 1.29 is 19.4 Å². The Balaban J connectivity index is 1.44. The van der Waals surface area contributed by atoms with Gasteiger partial charge in [0.25, 0.3) is 5.91 Å². The van der Waals surface area contributed by atoms with Crippen molar-refractivity contribution in [2.45, 2.75) is 39.0 Å². The zero-order valence-electron chi connectivity index (χ0n) is 18.9. The molecular formula is C25H27N3O4S. The van der Waals surface area contributed by atoms with Crippen molar-refractivity contribution in [1.82, 2.24) is 15.2 Å². The largest absolute Gasteiger partial charge is 0.496 e. The summed E-state index contributed by atoms with van der Waals surface area (Å²) in [6, 6.07) is 12.5. The smallest absolute Gasteiger partial charge is 0.255 e. The van der Waals surface area contributed by atoms with Crippen LogP contribution < -0.4 is 10.1 Å². The van der Waals surface area contributed by atoms with Crippen LogP contribution in [0.1, 0.15) is 33.6 Å². The number of rotatable bonds is 6. The molecule has 2 aromatic carbocycles. The molecule has 2 atom stereocenters. The molecule has 172 valence electrons. The third kappa shape index (κ3) is 4.77. The highest BCUT2D eigenvalue weighted by Gasteiger charge is 2.39. The molecular weight excluding hydrogens is 438 g/mol. The number of amides is 2. The summed E-state index contributed by atoms with van der Waals surface area (Å²) in [4.78, 5) is 33.1. The summed E-state index contributed by atoms with van der Waals surface area (Å²) >= 11 is 1.60. The number of nitrogens with zero attached hydrogens (tertiary/aromatic N) is 2. The minimum atomic E-state index is -0.738. The molecule has 33 heavy (non-hydrogen) atoms. The molecule has 8 heteroatoms. The van der Waals surface area contributed by atoms with Gasteiger partial charge in [0.2, 0.25) is 5.91 Å². The van der Waals surface area contributed by atoms with Crippen LogP contribution in [-0.2, 0) is 11.3 Å². The van der Waals surface area contributed by atoms with E-state index in [0.717, 1.165) is 21.7 Å². The minimum absolute atomic E-state index is 0.121. The van der Waals surface area contributed by atoms with E-state index in [9.17, 15) is 14.7 Å². The van der Waals surface area contributed by atoms with E-state index in [2.05, 4.69) is 10.3 Å². The fourth-order valence-electron chi connectivity index (χ4n) is 4.17. The number of aromatic nitrogens is 1. The van der Waals surface area contributed by atoms with Crippen molar-refractivity contribution in [1.29, 1.82) is 0 Å². The van der Waals surface area contributed by atoms with Crippen molar-refractivity contribution in [3.05, 3.63) is 70.4 Å². The van der Waals surface area contributed by atoms with Crippen molar-refractivity contribution in [2.75, 3.05) is 13.7 Å². The van der Waals surface area contributed by atoms with Gasteiger partial charge in [-0.2, -0.15) is 0 Å². The lowest BCUT2D eigenvalue weighted by Crippen LogP contribution is -2.45. The van der Waals surface area contributed by atoms with Gasteiger partial charge in [-0.25, -0.2) is 4.98 Å². The van der Waals surface area contributed by atoms with Gasteiger partial charge in [-0.05, 0) is 37.1 Å². The number of β-amino-alcohol motifs (C(OH)–C–C–N with tert-alkyl or cyclic N) is 1. The Kier molecular flexibility index (Phi) is 6.76. The Labute approximate surface area is 197 Å². The van der Waals surface area contributed by atoms with E-state index in [-0.39, 0.29) is 24.8 Å². The third-order valence-electron chi connectivity index (χ3n) is 6.01. The van der Waals surface area contributed by atoms with Crippen molar-refractivity contribution in [2.24, 2.45) is 0 Å². The lowest BCUT2D eigenvalue weighted by Gasteiger charge is -2.25. The number of carbonyl (C=O) groups excluding carboxylic acids is 2. The minimum Gasteiger partial charge on any atom is -0.496 e. The number of aliphatic hydroxyl groups excluding tert-OH is 1. The Morgan fingerprint density at radius 1 is 1.21 bits per heavy atom. The van der Waals surface area contributed by atoms with Crippen LogP contribution in [0.25, 0.3) is 10.4 Å². The predicted molar refractivity (Wildman–Crippen MR) is 127 cm³/mol. The Bertz CT molecular complexity index is 1160. The summed E-state index contributed by atoms with van der Waals surface area (Å²) in [6.07, 6.45) is -0.526. The number of thiazole rings is 1. The summed E-state index contributed by atoms with van der Waals surface area (Å²) in [5, 5.41) is 13.1. The number of aryl methyl sites for hydroxylation is 1.